The highest BCUT2D eigenvalue weighted by atomic mass is 16.5. The average Bonchev–Trinajstić information content (AvgIpc) is 3.62. The fourth-order valence-corrected chi connectivity index (χ4v) is 7.72. The first-order valence-electron chi connectivity index (χ1n) is 19.3. The van der Waals surface area contributed by atoms with Gasteiger partial charge >= 0.3 is 0 Å². The summed E-state index contributed by atoms with van der Waals surface area (Å²) in [7, 11) is 0. The van der Waals surface area contributed by atoms with E-state index in [-0.39, 0.29) is 11.9 Å². The fourth-order valence-electron chi connectivity index (χ4n) is 7.72. The van der Waals surface area contributed by atoms with Crippen LogP contribution in [0.4, 0.5) is 5.69 Å². The van der Waals surface area contributed by atoms with Crippen molar-refractivity contribution in [1.82, 2.24) is 29.9 Å². The summed E-state index contributed by atoms with van der Waals surface area (Å²) in [6, 6.07) is 22.2. The molecule has 0 spiro atoms. The first-order chi connectivity index (χ1) is 26.3. The lowest BCUT2D eigenvalue weighted by atomic mass is 9.96. The van der Waals surface area contributed by atoms with Gasteiger partial charge in [0.15, 0.2) is 5.65 Å². The van der Waals surface area contributed by atoms with Gasteiger partial charge in [0.2, 0.25) is 5.91 Å². The van der Waals surface area contributed by atoms with E-state index in [9.17, 15) is 9.59 Å². The van der Waals surface area contributed by atoms with Gasteiger partial charge in [0.25, 0.3) is 5.91 Å². The van der Waals surface area contributed by atoms with Crippen molar-refractivity contribution in [2.45, 2.75) is 72.3 Å². The monoisotopic (exact) mass is 728 g/mol. The Morgan fingerprint density at radius 3 is 2.50 bits per heavy atom. The molecular weight excluding hydrogens is 677 g/mol. The summed E-state index contributed by atoms with van der Waals surface area (Å²) in [6.45, 7) is 14.1. The van der Waals surface area contributed by atoms with Crippen molar-refractivity contribution in [1.29, 1.82) is 0 Å². The van der Waals surface area contributed by atoms with Crippen molar-refractivity contribution < 1.29 is 14.3 Å². The van der Waals surface area contributed by atoms with Gasteiger partial charge in [0.1, 0.15) is 0 Å². The minimum absolute atomic E-state index is 0.193. The highest BCUT2D eigenvalue weighted by molar-refractivity contribution is 5.99. The summed E-state index contributed by atoms with van der Waals surface area (Å²) in [4.78, 5) is 36.4. The number of primary amides is 1. The van der Waals surface area contributed by atoms with Crippen LogP contribution in [-0.4, -0.2) is 81.8 Å². The third-order valence-electron chi connectivity index (χ3n) is 10.7. The molecule has 7 rings (SSSR count). The molecule has 2 amide bonds. The quantitative estimate of drug-likeness (QED) is 0.136. The normalized spacial score (nSPS) is 15.4. The van der Waals surface area contributed by atoms with Gasteiger partial charge in [0, 0.05) is 87.5 Å². The van der Waals surface area contributed by atoms with Crippen LogP contribution >= 0.6 is 0 Å². The second-order valence-corrected chi connectivity index (χ2v) is 14.5. The summed E-state index contributed by atoms with van der Waals surface area (Å²) in [5, 5.41) is 12.9. The highest BCUT2D eigenvalue weighted by Gasteiger charge is 2.26. The SMILES string of the molecule is CCc1nc2c(cnn2CC)c(NC2CCOCC2)c1CN(Cc1ccc(C)c(-c2cccc(CN3CCNCC3)c2)c1)C(=O)c1cccc(C(N)=O)c1. The van der Waals surface area contributed by atoms with Gasteiger partial charge in [-0.1, -0.05) is 43.3 Å². The van der Waals surface area contributed by atoms with E-state index in [1.165, 1.54) is 11.1 Å². The molecule has 0 atom stereocenters. The lowest BCUT2D eigenvalue weighted by Crippen LogP contribution is -2.42. The van der Waals surface area contributed by atoms with Gasteiger partial charge in [-0.05, 0) is 91.3 Å². The fraction of sp³-hybridized carbons (Fsp3) is 0.395. The number of rotatable bonds is 13. The number of carbonyl (C=O) groups excluding carboxylic acids is 2. The summed E-state index contributed by atoms with van der Waals surface area (Å²) in [5.74, 6) is -0.765. The van der Waals surface area contributed by atoms with Crippen LogP contribution in [0.5, 0.6) is 0 Å². The van der Waals surface area contributed by atoms with Crippen molar-refractivity contribution in [3.8, 4) is 11.1 Å². The molecule has 5 aromatic rings. The molecule has 2 aliphatic heterocycles. The van der Waals surface area contributed by atoms with E-state index in [0.717, 1.165) is 90.2 Å². The average molecular weight is 729 g/mol. The van der Waals surface area contributed by atoms with Crippen molar-refractivity contribution in [2.24, 2.45) is 5.73 Å². The van der Waals surface area contributed by atoms with Gasteiger partial charge in [-0.3, -0.25) is 14.5 Å². The number of nitrogens with zero attached hydrogens (tertiary/aromatic N) is 5. The number of ether oxygens (including phenoxy) is 1. The molecule has 282 valence electrons. The number of pyridine rings is 1. The zero-order valence-electron chi connectivity index (χ0n) is 31.7. The molecule has 3 aromatic carbocycles. The number of nitrogens with two attached hydrogens (primary N) is 1. The number of amides is 2. The van der Waals surface area contributed by atoms with Gasteiger partial charge in [0.05, 0.1) is 23.8 Å². The van der Waals surface area contributed by atoms with Crippen molar-refractivity contribution in [3.05, 3.63) is 112 Å². The second kappa shape index (κ2) is 16.9. The first-order valence-corrected chi connectivity index (χ1v) is 19.3. The molecule has 2 aromatic heterocycles. The van der Waals surface area contributed by atoms with Crippen LogP contribution in [0.1, 0.15) is 75.4 Å². The Bertz CT molecular complexity index is 2120. The molecule has 4 N–H and O–H groups in total. The van der Waals surface area contributed by atoms with E-state index in [1.54, 1.807) is 24.3 Å². The lowest BCUT2D eigenvalue weighted by Gasteiger charge is -2.29. The Hall–Kier alpha value is -5.10. The standard InChI is InChI=1S/C43H52N8O3/c1-4-39-38(40(47-35-14-20-54-21-15-35)37-25-46-51(5-2)42(37)48-39)28-50(43(53)34-11-7-10-33(24-34)41(44)52)27-31-13-12-29(3)36(23-31)32-9-6-8-30(22-32)26-49-18-16-45-17-19-49/h6-13,22-25,35,45H,4-5,14-21,26-28H2,1-3H3,(H2,44,52)(H,47,48). The van der Waals surface area contributed by atoms with Crippen LogP contribution in [0, 0.1) is 6.92 Å². The number of piperazine rings is 1. The zero-order valence-corrected chi connectivity index (χ0v) is 31.7. The van der Waals surface area contributed by atoms with Crippen LogP contribution in [-0.2, 0) is 37.3 Å². The van der Waals surface area contributed by atoms with E-state index < -0.39 is 5.91 Å². The molecule has 11 heteroatoms. The molecule has 4 heterocycles. The van der Waals surface area contributed by atoms with Crippen molar-refractivity contribution in [3.63, 3.8) is 0 Å². The van der Waals surface area contributed by atoms with Crippen molar-refractivity contribution in [2.75, 3.05) is 44.7 Å². The van der Waals surface area contributed by atoms with E-state index in [1.807, 2.05) is 15.8 Å². The number of fused-ring (bicyclic) bond motifs is 1. The molecule has 11 nitrogen and oxygen atoms in total. The number of hydrogen-bond donors (Lipinski definition) is 3. The van der Waals surface area contributed by atoms with E-state index in [2.05, 4.69) is 83.9 Å². The highest BCUT2D eigenvalue weighted by Crippen LogP contribution is 2.34. The van der Waals surface area contributed by atoms with Gasteiger partial charge in [-0.15, -0.1) is 0 Å². The minimum Gasteiger partial charge on any atom is -0.381 e. The Kier molecular flexibility index (Phi) is 11.7. The molecule has 2 aliphatic rings. The molecule has 0 bridgehead atoms. The van der Waals surface area contributed by atoms with Crippen LogP contribution in [0.3, 0.4) is 0 Å². The van der Waals surface area contributed by atoms with Crippen LogP contribution in [0.15, 0.2) is 72.9 Å². The third kappa shape index (κ3) is 8.33. The van der Waals surface area contributed by atoms with Gasteiger partial charge in [-0.2, -0.15) is 5.10 Å². The minimum atomic E-state index is -0.572. The third-order valence-corrected chi connectivity index (χ3v) is 10.7. The predicted octanol–water partition coefficient (Wildman–Crippen LogP) is 5.93. The number of carbonyl (C=O) groups is 2. The van der Waals surface area contributed by atoms with Crippen LogP contribution in [0.2, 0.25) is 0 Å². The van der Waals surface area contributed by atoms with Crippen LogP contribution < -0.4 is 16.4 Å². The number of hydrogen-bond acceptors (Lipinski definition) is 8. The Labute approximate surface area is 317 Å². The smallest absolute Gasteiger partial charge is 0.254 e. The molecule has 54 heavy (non-hydrogen) atoms. The number of benzene rings is 3. The molecule has 2 fully saturated rings. The van der Waals surface area contributed by atoms with Gasteiger partial charge in [-0.25, -0.2) is 9.67 Å². The maximum Gasteiger partial charge on any atom is 0.254 e. The number of anilines is 1. The second-order valence-electron chi connectivity index (χ2n) is 14.5. The largest absolute Gasteiger partial charge is 0.381 e. The summed E-state index contributed by atoms with van der Waals surface area (Å²) in [5.41, 5.74) is 15.8. The van der Waals surface area contributed by atoms with E-state index in [0.29, 0.717) is 50.4 Å². The maximum absolute atomic E-state index is 14.7. The molecular formula is C43H52N8O3. The molecule has 0 unspecified atom stereocenters. The Morgan fingerprint density at radius 1 is 0.963 bits per heavy atom. The van der Waals surface area contributed by atoms with Crippen molar-refractivity contribution >= 4 is 28.5 Å². The Balaban J connectivity index is 1.28. The molecule has 0 aliphatic carbocycles. The summed E-state index contributed by atoms with van der Waals surface area (Å²) < 4.78 is 7.62. The lowest BCUT2D eigenvalue weighted by molar-refractivity contribution is 0.0730. The maximum atomic E-state index is 14.7. The molecule has 0 saturated carbocycles. The zero-order chi connectivity index (χ0) is 37.6. The van der Waals surface area contributed by atoms with E-state index >= 15 is 0 Å². The topological polar surface area (TPSA) is 131 Å². The molecule has 0 radical (unpaired) electrons. The van der Waals surface area contributed by atoms with Gasteiger partial charge < -0.3 is 26.0 Å². The molecule has 2 saturated heterocycles. The first kappa shape index (κ1) is 37.2. The van der Waals surface area contributed by atoms with E-state index in [4.69, 9.17) is 15.5 Å². The number of aromatic nitrogens is 3. The Morgan fingerprint density at radius 2 is 1.74 bits per heavy atom. The summed E-state index contributed by atoms with van der Waals surface area (Å²) in [6.07, 6.45) is 4.35. The predicted molar refractivity (Wildman–Crippen MR) is 213 cm³/mol. The summed E-state index contributed by atoms with van der Waals surface area (Å²) >= 11 is 0. The van der Waals surface area contributed by atoms with Crippen LogP contribution in [0.25, 0.3) is 22.2 Å². The number of aryl methyl sites for hydroxylation is 3. The number of nitrogens with one attached hydrogen (secondary N) is 2.